The van der Waals surface area contributed by atoms with E-state index in [4.69, 9.17) is 0 Å². The summed E-state index contributed by atoms with van der Waals surface area (Å²) in [4.78, 5) is 6.91. The highest BCUT2D eigenvalue weighted by atomic mass is 19.1. The lowest BCUT2D eigenvalue weighted by Gasteiger charge is -2.33. The van der Waals surface area contributed by atoms with Crippen LogP contribution in [0.1, 0.15) is 31.0 Å². The van der Waals surface area contributed by atoms with Crippen LogP contribution < -0.4 is 5.32 Å². The van der Waals surface area contributed by atoms with Crippen molar-refractivity contribution < 1.29 is 4.39 Å². The van der Waals surface area contributed by atoms with Crippen molar-refractivity contribution in [3.8, 4) is 0 Å². The Morgan fingerprint density at radius 2 is 2.00 bits per heavy atom. The number of rotatable bonds is 5. The molecule has 0 radical (unpaired) electrons. The summed E-state index contributed by atoms with van der Waals surface area (Å²) in [6.45, 7) is 4.71. The Morgan fingerprint density at radius 1 is 1.19 bits per heavy atom. The lowest BCUT2D eigenvalue weighted by molar-refractivity contribution is 0.208. The fourth-order valence-electron chi connectivity index (χ4n) is 3.56. The molecule has 1 aliphatic heterocycles. The second-order valence-corrected chi connectivity index (χ2v) is 6.87. The Kier molecular flexibility index (Phi) is 4.84. The van der Waals surface area contributed by atoms with Crippen molar-refractivity contribution in [2.24, 2.45) is 0 Å². The van der Waals surface area contributed by atoms with Gasteiger partial charge in [-0.1, -0.05) is 25.1 Å². The number of halogens is 1. The van der Waals surface area contributed by atoms with E-state index >= 15 is 0 Å². The number of aromatic nitrogens is 3. The van der Waals surface area contributed by atoms with Gasteiger partial charge in [-0.15, -0.1) is 0 Å². The third-order valence-corrected chi connectivity index (χ3v) is 5.07. The molecule has 2 aromatic heterocycles. The van der Waals surface area contributed by atoms with Gasteiger partial charge in [0.15, 0.2) is 5.65 Å². The third-order valence-electron chi connectivity index (χ3n) is 5.07. The molecule has 3 heterocycles. The number of likely N-dealkylation sites (tertiary alicyclic amines) is 1. The molecular weight excluding hydrogens is 329 g/mol. The minimum Gasteiger partial charge on any atom is -0.367 e. The minimum atomic E-state index is -0.113. The highest BCUT2D eigenvalue weighted by Gasteiger charge is 2.21. The molecule has 0 saturated carbocycles. The monoisotopic (exact) mass is 353 g/mol. The van der Waals surface area contributed by atoms with Crippen LogP contribution in [-0.2, 0) is 13.0 Å². The highest BCUT2D eigenvalue weighted by Crippen LogP contribution is 2.20. The van der Waals surface area contributed by atoms with Gasteiger partial charge >= 0.3 is 0 Å². The molecule has 1 aliphatic rings. The molecule has 0 bridgehead atoms. The molecule has 0 aliphatic carbocycles. The van der Waals surface area contributed by atoms with Gasteiger partial charge in [-0.2, -0.15) is 9.61 Å². The fraction of sp³-hybridized carbons (Fsp3) is 0.400. The van der Waals surface area contributed by atoms with E-state index in [1.54, 1.807) is 12.3 Å². The van der Waals surface area contributed by atoms with Crippen molar-refractivity contribution in [2.75, 3.05) is 18.4 Å². The van der Waals surface area contributed by atoms with Crippen LogP contribution in [0.3, 0.4) is 0 Å². The van der Waals surface area contributed by atoms with Crippen molar-refractivity contribution in [1.82, 2.24) is 19.5 Å². The Labute approximate surface area is 152 Å². The summed E-state index contributed by atoms with van der Waals surface area (Å²) in [6, 6.07) is 11.5. The van der Waals surface area contributed by atoms with Crippen LogP contribution in [0.4, 0.5) is 10.2 Å². The van der Waals surface area contributed by atoms with Gasteiger partial charge in [-0.25, -0.2) is 9.37 Å². The zero-order chi connectivity index (χ0) is 17.9. The number of piperidine rings is 1. The number of hydrogen-bond acceptors (Lipinski definition) is 4. The highest BCUT2D eigenvalue weighted by molar-refractivity contribution is 5.49. The van der Waals surface area contributed by atoms with E-state index in [1.165, 1.54) is 6.07 Å². The zero-order valence-electron chi connectivity index (χ0n) is 15.0. The maximum absolute atomic E-state index is 13.8. The number of benzene rings is 1. The van der Waals surface area contributed by atoms with Gasteiger partial charge in [0.05, 0.1) is 6.20 Å². The van der Waals surface area contributed by atoms with Gasteiger partial charge in [-0.05, 0) is 25.3 Å². The fourth-order valence-corrected chi connectivity index (χ4v) is 3.56. The molecule has 136 valence electrons. The van der Waals surface area contributed by atoms with Crippen LogP contribution in [0.25, 0.3) is 5.65 Å². The summed E-state index contributed by atoms with van der Waals surface area (Å²) in [5.41, 5.74) is 2.72. The van der Waals surface area contributed by atoms with Crippen molar-refractivity contribution in [1.29, 1.82) is 0 Å². The molecule has 3 aromatic rings. The maximum atomic E-state index is 13.8. The smallest absolute Gasteiger partial charge is 0.157 e. The first-order valence-corrected chi connectivity index (χ1v) is 9.29. The molecule has 1 N–H and O–H groups in total. The Morgan fingerprint density at radius 3 is 2.77 bits per heavy atom. The summed E-state index contributed by atoms with van der Waals surface area (Å²) >= 11 is 0. The van der Waals surface area contributed by atoms with Crippen molar-refractivity contribution in [3.05, 3.63) is 59.7 Å². The quantitative estimate of drug-likeness (QED) is 0.762. The lowest BCUT2D eigenvalue weighted by Crippen LogP contribution is -2.39. The molecule has 1 aromatic carbocycles. The lowest BCUT2D eigenvalue weighted by atomic mass is 10.0. The van der Waals surface area contributed by atoms with E-state index in [0.717, 1.165) is 55.1 Å². The summed E-state index contributed by atoms with van der Waals surface area (Å²) < 4.78 is 15.7. The third kappa shape index (κ3) is 3.55. The summed E-state index contributed by atoms with van der Waals surface area (Å²) in [5.74, 6) is 0.891. The van der Waals surface area contributed by atoms with E-state index in [1.807, 2.05) is 22.7 Å². The first kappa shape index (κ1) is 17.0. The van der Waals surface area contributed by atoms with Crippen molar-refractivity contribution >= 4 is 11.5 Å². The number of fused-ring (bicyclic) bond motifs is 1. The van der Waals surface area contributed by atoms with Gasteiger partial charge in [-0.3, -0.25) is 4.90 Å². The summed E-state index contributed by atoms with van der Waals surface area (Å²) in [7, 11) is 0. The van der Waals surface area contributed by atoms with E-state index in [-0.39, 0.29) is 5.82 Å². The molecule has 0 spiro atoms. The largest absolute Gasteiger partial charge is 0.367 e. The molecule has 1 fully saturated rings. The first-order chi connectivity index (χ1) is 12.7. The number of aryl methyl sites for hydroxylation is 1. The Hall–Kier alpha value is -2.47. The topological polar surface area (TPSA) is 45.5 Å². The van der Waals surface area contributed by atoms with E-state index in [2.05, 4.69) is 33.3 Å². The predicted octanol–water partition coefficient (Wildman–Crippen LogP) is 3.51. The van der Waals surface area contributed by atoms with Gasteiger partial charge in [0.1, 0.15) is 11.6 Å². The second-order valence-electron chi connectivity index (χ2n) is 6.87. The number of nitrogens with one attached hydrogen (secondary N) is 1. The van der Waals surface area contributed by atoms with Gasteiger partial charge in [0.2, 0.25) is 0 Å². The molecule has 1 saturated heterocycles. The molecule has 26 heavy (non-hydrogen) atoms. The molecular formula is C20H24FN5. The normalized spacial score (nSPS) is 16.2. The molecule has 0 amide bonds. The van der Waals surface area contributed by atoms with Crippen LogP contribution in [0, 0.1) is 5.82 Å². The van der Waals surface area contributed by atoms with Gasteiger partial charge < -0.3 is 5.32 Å². The molecule has 0 unspecified atom stereocenters. The molecule has 0 atom stereocenters. The predicted molar refractivity (Wildman–Crippen MR) is 101 cm³/mol. The van der Waals surface area contributed by atoms with Crippen LogP contribution in [0.2, 0.25) is 0 Å². The maximum Gasteiger partial charge on any atom is 0.157 e. The number of anilines is 1. The molecule has 5 nitrogen and oxygen atoms in total. The second kappa shape index (κ2) is 7.41. The Balaban J connectivity index is 1.40. The number of hydrogen-bond donors (Lipinski definition) is 1. The van der Waals surface area contributed by atoms with Crippen LogP contribution in [0.15, 0.2) is 42.6 Å². The van der Waals surface area contributed by atoms with E-state index in [9.17, 15) is 4.39 Å². The zero-order valence-corrected chi connectivity index (χ0v) is 15.0. The summed E-state index contributed by atoms with van der Waals surface area (Å²) in [6.07, 6.45) is 4.74. The van der Waals surface area contributed by atoms with Crippen molar-refractivity contribution in [2.45, 2.75) is 38.8 Å². The average molecular weight is 353 g/mol. The number of nitrogens with zero attached hydrogens (tertiary/aromatic N) is 4. The Bertz CT molecular complexity index is 883. The average Bonchev–Trinajstić information content (AvgIpc) is 3.14. The van der Waals surface area contributed by atoms with Crippen LogP contribution in [-0.4, -0.2) is 38.6 Å². The standard InChI is InChI=1S/C20H24FN5/c1-2-16-13-20(26-19(23-16)7-10-22-26)24-17-8-11-25(12-9-17)14-15-5-3-4-6-18(15)21/h3-7,10,13,17,24H,2,8-9,11-12,14H2,1H3. The van der Waals surface area contributed by atoms with Crippen molar-refractivity contribution in [3.63, 3.8) is 0 Å². The SMILES string of the molecule is CCc1cc(NC2CCN(Cc3ccccc3F)CC2)n2nccc2n1. The van der Waals surface area contributed by atoms with E-state index in [0.29, 0.717) is 12.6 Å². The molecule has 4 rings (SSSR count). The van der Waals surface area contributed by atoms with Crippen LogP contribution in [0.5, 0.6) is 0 Å². The summed E-state index contributed by atoms with van der Waals surface area (Å²) in [5, 5.41) is 8.02. The minimum absolute atomic E-state index is 0.113. The van der Waals surface area contributed by atoms with Gasteiger partial charge in [0, 0.05) is 49.1 Å². The van der Waals surface area contributed by atoms with E-state index < -0.39 is 0 Å². The van der Waals surface area contributed by atoms with Crippen LogP contribution >= 0.6 is 0 Å². The molecule has 6 heteroatoms. The first-order valence-electron chi connectivity index (χ1n) is 9.29. The van der Waals surface area contributed by atoms with Gasteiger partial charge in [0.25, 0.3) is 0 Å².